The van der Waals surface area contributed by atoms with Gasteiger partial charge in [-0.2, -0.15) is 4.31 Å². The fourth-order valence-electron chi connectivity index (χ4n) is 2.87. The largest absolute Gasteiger partial charge is 0.494 e. The number of hydrogen-bond donors (Lipinski definition) is 1. The minimum atomic E-state index is -4.13. The van der Waals surface area contributed by atoms with Gasteiger partial charge in [-0.15, -0.1) is 0 Å². The Morgan fingerprint density at radius 1 is 1.39 bits per heavy atom. The lowest BCUT2D eigenvalue weighted by Crippen LogP contribution is -2.40. The predicted molar refractivity (Wildman–Crippen MR) is 81.4 cm³/mol. The Morgan fingerprint density at radius 2 is 2.04 bits per heavy atom. The molecule has 0 saturated heterocycles. The number of nitrogens with zero attached hydrogens (tertiary/aromatic N) is 1. The second-order valence-corrected chi connectivity index (χ2v) is 7.33. The molecule has 0 atom stereocenters. The van der Waals surface area contributed by atoms with Crippen LogP contribution in [0.25, 0.3) is 0 Å². The van der Waals surface area contributed by atoms with Crippen LogP contribution in [0.2, 0.25) is 0 Å². The molecule has 1 aliphatic rings. The van der Waals surface area contributed by atoms with E-state index in [2.05, 4.69) is 0 Å². The molecular formula is C15H20FNO5S. The second-order valence-electron chi connectivity index (χ2n) is 5.47. The van der Waals surface area contributed by atoms with E-state index in [0.717, 1.165) is 17.1 Å². The molecule has 8 heteroatoms. The molecular weight excluding hydrogens is 325 g/mol. The summed E-state index contributed by atoms with van der Waals surface area (Å²) in [4.78, 5) is 10.4. The number of hydrogen-bond acceptors (Lipinski definition) is 4. The summed E-state index contributed by atoms with van der Waals surface area (Å²) in [6.45, 7) is -0.168. The Hall–Kier alpha value is -1.67. The quantitative estimate of drug-likeness (QED) is 0.819. The van der Waals surface area contributed by atoms with E-state index in [1.807, 2.05) is 0 Å². The minimum Gasteiger partial charge on any atom is -0.494 e. The van der Waals surface area contributed by atoms with Crippen molar-refractivity contribution in [3.63, 3.8) is 0 Å². The molecule has 0 aromatic heterocycles. The Morgan fingerprint density at radius 3 is 2.61 bits per heavy atom. The van der Waals surface area contributed by atoms with Crippen LogP contribution in [0, 0.1) is 5.82 Å². The topological polar surface area (TPSA) is 83.9 Å². The molecule has 2 rings (SSSR count). The van der Waals surface area contributed by atoms with Crippen molar-refractivity contribution in [2.24, 2.45) is 0 Å². The fourth-order valence-corrected chi connectivity index (χ4v) is 4.64. The van der Waals surface area contributed by atoms with Crippen molar-refractivity contribution in [1.29, 1.82) is 0 Å². The molecule has 1 saturated carbocycles. The first kappa shape index (κ1) is 17.7. The van der Waals surface area contributed by atoms with E-state index >= 15 is 0 Å². The van der Waals surface area contributed by atoms with Crippen molar-refractivity contribution in [1.82, 2.24) is 4.31 Å². The molecule has 0 radical (unpaired) electrons. The van der Waals surface area contributed by atoms with E-state index in [0.29, 0.717) is 12.8 Å². The molecule has 0 heterocycles. The maximum Gasteiger partial charge on any atom is 0.304 e. The summed E-state index contributed by atoms with van der Waals surface area (Å²) in [6, 6.07) is 3.63. The number of carboxylic acid groups (broad SMARTS) is 1. The first-order valence-electron chi connectivity index (χ1n) is 7.44. The van der Waals surface area contributed by atoms with Crippen LogP contribution in [0.15, 0.2) is 23.1 Å². The van der Waals surface area contributed by atoms with Gasteiger partial charge in [-0.3, -0.25) is 4.79 Å². The summed E-state index contributed by atoms with van der Waals surface area (Å²) in [5.41, 5.74) is 0. The number of halogens is 1. The second kappa shape index (κ2) is 7.27. The number of aliphatic carboxylic acids is 1. The predicted octanol–water partition coefficient (Wildman–Crippen LogP) is 2.24. The van der Waals surface area contributed by atoms with Gasteiger partial charge in [-0.05, 0) is 25.0 Å². The normalized spacial score (nSPS) is 16.0. The van der Waals surface area contributed by atoms with Crippen LogP contribution >= 0.6 is 0 Å². The third-order valence-corrected chi connectivity index (χ3v) is 5.98. The molecule has 0 amide bonds. The van der Waals surface area contributed by atoms with Crippen molar-refractivity contribution in [3.05, 3.63) is 24.0 Å². The minimum absolute atomic E-state index is 0.157. The number of methoxy groups -OCH3 is 1. The van der Waals surface area contributed by atoms with Crippen LogP contribution in [-0.2, 0) is 14.8 Å². The average molecular weight is 345 g/mol. The number of sulfonamides is 1. The van der Waals surface area contributed by atoms with Crippen molar-refractivity contribution in [2.45, 2.75) is 43.0 Å². The third-order valence-electron chi connectivity index (χ3n) is 4.01. The third kappa shape index (κ3) is 3.81. The van der Waals surface area contributed by atoms with E-state index in [-0.39, 0.29) is 24.8 Å². The van der Waals surface area contributed by atoms with Crippen molar-refractivity contribution < 1.29 is 27.4 Å². The fraction of sp³-hybridized carbons (Fsp3) is 0.533. The standard InChI is InChI=1S/C15H20FNO5S/c1-22-12-7-4-8-13(15(12)16)23(20,21)17(10-9-14(18)19)11-5-2-3-6-11/h4,7-8,11H,2-3,5-6,9-10H2,1H3,(H,18,19). The van der Waals surface area contributed by atoms with Crippen molar-refractivity contribution in [2.75, 3.05) is 13.7 Å². The van der Waals surface area contributed by atoms with Gasteiger partial charge in [0.05, 0.1) is 13.5 Å². The lowest BCUT2D eigenvalue weighted by atomic mass is 10.2. The Kier molecular flexibility index (Phi) is 5.59. The average Bonchev–Trinajstić information content (AvgIpc) is 3.01. The van der Waals surface area contributed by atoms with Crippen LogP contribution in [0.1, 0.15) is 32.1 Å². The van der Waals surface area contributed by atoms with Gasteiger partial charge >= 0.3 is 5.97 Å². The molecule has 6 nitrogen and oxygen atoms in total. The smallest absolute Gasteiger partial charge is 0.304 e. The van der Waals surface area contributed by atoms with E-state index in [1.54, 1.807) is 0 Å². The molecule has 1 aromatic rings. The number of carbonyl (C=O) groups is 1. The highest BCUT2D eigenvalue weighted by Crippen LogP contribution is 2.32. The monoisotopic (exact) mass is 345 g/mol. The van der Waals surface area contributed by atoms with E-state index in [9.17, 15) is 17.6 Å². The van der Waals surface area contributed by atoms with E-state index in [4.69, 9.17) is 9.84 Å². The zero-order valence-electron chi connectivity index (χ0n) is 12.9. The molecule has 0 aliphatic heterocycles. The molecule has 0 spiro atoms. The zero-order chi connectivity index (χ0) is 17.0. The molecule has 23 heavy (non-hydrogen) atoms. The van der Waals surface area contributed by atoms with Crippen LogP contribution in [0.4, 0.5) is 4.39 Å². The van der Waals surface area contributed by atoms with Gasteiger partial charge < -0.3 is 9.84 Å². The summed E-state index contributed by atoms with van der Waals surface area (Å²) in [5, 5.41) is 8.86. The van der Waals surface area contributed by atoms with Crippen LogP contribution in [0.5, 0.6) is 5.75 Å². The molecule has 1 aromatic carbocycles. The summed E-state index contributed by atoms with van der Waals surface area (Å²) >= 11 is 0. The highest BCUT2D eigenvalue weighted by atomic mass is 32.2. The molecule has 1 N–H and O–H groups in total. The van der Waals surface area contributed by atoms with Gasteiger partial charge in [-0.25, -0.2) is 12.8 Å². The van der Waals surface area contributed by atoms with Crippen LogP contribution < -0.4 is 4.74 Å². The lowest BCUT2D eigenvalue weighted by molar-refractivity contribution is -0.137. The van der Waals surface area contributed by atoms with Gasteiger partial charge in [0.15, 0.2) is 11.6 Å². The Labute approximate surface area is 134 Å². The maximum atomic E-state index is 14.4. The lowest BCUT2D eigenvalue weighted by Gasteiger charge is -2.27. The van der Waals surface area contributed by atoms with E-state index in [1.165, 1.54) is 25.3 Å². The molecule has 128 valence electrons. The number of ether oxygens (including phenoxy) is 1. The summed E-state index contributed by atoms with van der Waals surface area (Å²) in [6.07, 6.45) is 2.75. The van der Waals surface area contributed by atoms with Crippen LogP contribution in [-0.4, -0.2) is 43.5 Å². The van der Waals surface area contributed by atoms with E-state index < -0.39 is 26.7 Å². The summed E-state index contributed by atoms with van der Waals surface area (Å²) in [5.74, 6) is -2.20. The highest BCUT2D eigenvalue weighted by Gasteiger charge is 2.35. The first-order chi connectivity index (χ1) is 10.9. The van der Waals surface area contributed by atoms with Gasteiger partial charge in [-0.1, -0.05) is 18.9 Å². The number of benzene rings is 1. The van der Waals surface area contributed by atoms with Gasteiger partial charge in [0, 0.05) is 12.6 Å². The zero-order valence-corrected chi connectivity index (χ0v) is 13.7. The van der Waals surface area contributed by atoms with Crippen molar-refractivity contribution in [3.8, 4) is 5.75 Å². The SMILES string of the molecule is COc1cccc(S(=O)(=O)N(CCC(=O)O)C2CCCC2)c1F. The Bertz CT molecular complexity index is 670. The summed E-state index contributed by atoms with van der Waals surface area (Å²) in [7, 11) is -2.87. The van der Waals surface area contributed by atoms with Gasteiger partial charge in [0.25, 0.3) is 0 Å². The summed E-state index contributed by atoms with van der Waals surface area (Å²) < 4.78 is 46.0. The van der Waals surface area contributed by atoms with Gasteiger partial charge in [0.1, 0.15) is 4.90 Å². The molecule has 1 aliphatic carbocycles. The molecule has 1 fully saturated rings. The number of rotatable bonds is 7. The number of carboxylic acids is 1. The highest BCUT2D eigenvalue weighted by molar-refractivity contribution is 7.89. The Balaban J connectivity index is 2.40. The van der Waals surface area contributed by atoms with Crippen LogP contribution in [0.3, 0.4) is 0 Å². The molecule has 0 bridgehead atoms. The first-order valence-corrected chi connectivity index (χ1v) is 8.88. The van der Waals surface area contributed by atoms with Gasteiger partial charge in [0.2, 0.25) is 10.0 Å². The van der Waals surface area contributed by atoms with Crippen molar-refractivity contribution >= 4 is 16.0 Å². The molecule has 0 unspecified atom stereocenters. The maximum absolute atomic E-state index is 14.4.